The van der Waals surface area contributed by atoms with Crippen LogP contribution in [0.5, 0.6) is 0 Å². The molecular weight excluding hydrogens is 878 g/mol. The van der Waals surface area contributed by atoms with Crippen LogP contribution < -0.4 is 5.32 Å². The van der Waals surface area contributed by atoms with Crippen molar-refractivity contribution in [2.75, 3.05) is 33.1 Å². The first kappa shape index (κ1) is 54.4. The van der Waals surface area contributed by atoms with Crippen molar-refractivity contribution in [3.8, 4) is 0 Å². The van der Waals surface area contributed by atoms with Crippen LogP contribution in [0.25, 0.3) is 0 Å². The van der Waals surface area contributed by atoms with E-state index in [4.69, 9.17) is 39.1 Å². The fraction of sp³-hybridized carbons (Fsp3) is 0.818. The van der Waals surface area contributed by atoms with Crippen LogP contribution in [-0.4, -0.2) is 174 Å². The average Bonchev–Trinajstić information content (AvgIpc) is 3.20. The molecule has 1 aromatic carbocycles. The first-order chi connectivity index (χ1) is 29.5. The lowest BCUT2D eigenvalue weighted by Crippen LogP contribution is -2.61. The number of nitrogens with one attached hydrogen (secondary N) is 1. The summed E-state index contributed by atoms with van der Waals surface area (Å²) in [6.07, 6.45) is -10.5. The molecule has 0 aliphatic carbocycles. The van der Waals surface area contributed by atoms with Crippen molar-refractivity contribution in [1.82, 2.24) is 9.80 Å². The van der Waals surface area contributed by atoms with Crippen molar-refractivity contribution >= 4 is 37.4 Å². The minimum atomic E-state index is -4.05. The molecule has 18 atom stereocenters. The summed E-state index contributed by atoms with van der Waals surface area (Å²) in [7, 11) is 6.59. The van der Waals surface area contributed by atoms with Crippen molar-refractivity contribution in [2.45, 2.75) is 190 Å². The molecule has 3 aliphatic rings. The SMILES string of the molecule is CC[C@H]1OC(=O)[C@H](C)[C@@H](O[C@H]2C[C@@](C)(OC)[C@@H](O)[C@H](C)O2)[C@H](C)[C@@H](O[C@@H]2O[C@H](C)C[C@H](N(C)C)[C@H]2O)[C@](C)(O)C[C@@H](C)CN(C(=O)Nc2ccc(S(=O)(=O)Cl)cc2)[C@H](C)[C@@H](O)[C@]1(C)O. The fourth-order valence-electron chi connectivity index (χ4n) is 9.67. The lowest BCUT2D eigenvalue weighted by atomic mass is 9.77. The van der Waals surface area contributed by atoms with Crippen LogP contribution in [0.3, 0.4) is 0 Å². The molecule has 6 N–H and O–H groups in total. The number of likely N-dealkylation sites (N-methyl/N-ethyl adjacent to an activating group) is 1. The number of rotatable bonds is 9. The molecule has 2 amide bonds. The van der Waals surface area contributed by atoms with Crippen LogP contribution in [0.2, 0.25) is 0 Å². The van der Waals surface area contributed by atoms with E-state index in [1.165, 1.54) is 50.1 Å². The molecule has 0 spiro atoms. The minimum absolute atomic E-state index is 0.0463. The molecule has 0 bridgehead atoms. The monoisotopic (exact) mass is 951 g/mol. The molecule has 4 rings (SSSR count). The molecule has 3 heterocycles. The number of hydrogen-bond donors (Lipinski definition) is 6. The zero-order chi connectivity index (χ0) is 48.4. The lowest BCUT2D eigenvalue weighted by molar-refractivity contribution is -0.318. The number of nitrogens with zero attached hydrogens (tertiary/aromatic N) is 2. The maximum atomic E-state index is 14.5. The summed E-state index contributed by atoms with van der Waals surface area (Å²) in [5, 5.41) is 62.3. The highest BCUT2D eigenvalue weighted by atomic mass is 35.7. The van der Waals surface area contributed by atoms with E-state index in [0.717, 1.165) is 0 Å². The predicted octanol–water partition coefficient (Wildman–Crippen LogP) is 3.43. The van der Waals surface area contributed by atoms with Crippen LogP contribution in [0.4, 0.5) is 10.5 Å². The fourth-order valence-corrected chi connectivity index (χ4v) is 10.4. The maximum Gasteiger partial charge on any atom is 0.322 e. The third kappa shape index (κ3) is 12.4. The summed E-state index contributed by atoms with van der Waals surface area (Å²) in [4.78, 5) is 31.7. The van der Waals surface area contributed by atoms with Gasteiger partial charge >= 0.3 is 12.0 Å². The van der Waals surface area contributed by atoms with Gasteiger partial charge in [-0.15, -0.1) is 0 Å². The number of cyclic esters (lactones) is 1. The second-order valence-electron chi connectivity index (χ2n) is 19.3. The van der Waals surface area contributed by atoms with Crippen molar-refractivity contribution < 1.29 is 72.0 Å². The third-order valence-corrected chi connectivity index (χ3v) is 14.9. The smallest absolute Gasteiger partial charge is 0.322 e. The van der Waals surface area contributed by atoms with Gasteiger partial charge in [-0.2, -0.15) is 0 Å². The second-order valence-corrected chi connectivity index (χ2v) is 21.8. The van der Waals surface area contributed by atoms with Crippen LogP contribution in [0.15, 0.2) is 29.2 Å². The summed E-state index contributed by atoms with van der Waals surface area (Å²) in [5.41, 5.74) is -4.85. The number of ether oxygens (including phenoxy) is 6. The Morgan fingerprint density at radius 2 is 1.58 bits per heavy atom. The van der Waals surface area contributed by atoms with Gasteiger partial charge in [0.1, 0.15) is 30.0 Å². The molecule has 3 saturated heterocycles. The maximum absolute atomic E-state index is 14.5. The van der Waals surface area contributed by atoms with Gasteiger partial charge < -0.3 is 69.1 Å². The van der Waals surface area contributed by atoms with Crippen molar-refractivity contribution in [3.05, 3.63) is 24.3 Å². The number of anilines is 1. The summed E-state index contributed by atoms with van der Waals surface area (Å²) in [6, 6.07) is 2.89. The first-order valence-corrected chi connectivity index (χ1v) is 24.4. The van der Waals surface area contributed by atoms with Crippen LogP contribution in [0.1, 0.15) is 94.9 Å². The number of carbonyl (C=O) groups excluding carboxylic acids is 2. The Labute approximate surface area is 383 Å². The number of halogens is 1. The van der Waals surface area contributed by atoms with Gasteiger partial charge in [0.05, 0.1) is 52.5 Å². The molecule has 20 heteroatoms. The standard InChI is InChI=1S/C44H74ClN3O15S/c1-14-32-44(10,55)36(50)27(6)48(41(53)46-29-15-17-30(18-16-29)64(45,56)57)22-23(2)20-42(8,54)38(63-40-34(49)31(47(11)12)19-24(3)59-40)25(4)35(26(5)39(52)61-32)62-33-21-43(9,58-13)37(51)28(7)60-33/h15-18,23-28,31-38,40,49-51,54-55H,14,19-22H2,1-13H3,(H,46,53)/t23-,24-,25+,26-,27-,28+,31+,32-,33+,34-,35+,36-,37+,38-,40+,42-,43-,44-/m1/s1. The number of hydrogen-bond acceptors (Lipinski definition) is 16. The van der Waals surface area contributed by atoms with Gasteiger partial charge in [0.15, 0.2) is 12.6 Å². The van der Waals surface area contributed by atoms with Gasteiger partial charge in [0.25, 0.3) is 9.05 Å². The van der Waals surface area contributed by atoms with Gasteiger partial charge in [-0.3, -0.25) is 4.79 Å². The Hall–Kier alpha value is -2.24. The number of urea groups is 1. The highest BCUT2D eigenvalue weighted by Gasteiger charge is 2.53. The Bertz CT molecular complexity index is 1820. The molecule has 3 aliphatic heterocycles. The molecule has 0 saturated carbocycles. The van der Waals surface area contributed by atoms with Crippen LogP contribution in [-0.2, 0) is 42.3 Å². The van der Waals surface area contributed by atoms with Gasteiger partial charge in [-0.25, -0.2) is 13.2 Å². The summed E-state index contributed by atoms with van der Waals surface area (Å²) in [6.45, 7) is 16.3. The van der Waals surface area contributed by atoms with Crippen LogP contribution in [0, 0.1) is 17.8 Å². The molecule has 64 heavy (non-hydrogen) atoms. The lowest BCUT2D eigenvalue weighted by Gasteiger charge is -2.48. The zero-order valence-corrected chi connectivity index (χ0v) is 41.1. The number of amides is 2. The number of esters is 1. The highest BCUT2D eigenvalue weighted by molar-refractivity contribution is 8.13. The quantitative estimate of drug-likeness (QED) is 0.153. The molecule has 0 radical (unpaired) electrons. The number of carbonyl (C=O) groups is 2. The predicted molar refractivity (Wildman–Crippen MR) is 237 cm³/mol. The average molecular weight is 953 g/mol. The number of benzene rings is 1. The van der Waals surface area contributed by atoms with E-state index in [2.05, 4.69) is 5.32 Å². The summed E-state index contributed by atoms with van der Waals surface area (Å²) >= 11 is 0. The minimum Gasteiger partial charge on any atom is -0.459 e. The van der Waals surface area contributed by atoms with E-state index in [1.54, 1.807) is 48.5 Å². The largest absolute Gasteiger partial charge is 0.459 e. The van der Waals surface area contributed by atoms with Gasteiger partial charge in [-0.05, 0) is 112 Å². The zero-order valence-electron chi connectivity index (χ0n) is 39.5. The van der Waals surface area contributed by atoms with E-state index in [1.807, 2.05) is 25.9 Å². The topological polar surface area (TPSA) is 243 Å². The Balaban J connectivity index is 1.86. The number of methoxy groups -OCH3 is 1. The molecule has 18 nitrogen and oxygen atoms in total. The van der Waals surface area contributed by atoms with Crippen molar-refractivity contribution in [3.63, 3.8) is 0 Å². The normalized spacial score (nSPS) is 42.3. The number of aliphatic hydroxyl groups is 5. The summed E-state index contributed by atoms with van der Waals surface area (Å²) < 4.78 is 61.4. The number of aliphatic hydroxyl groups excluding tert-OH is 3. The van der Waals surface area contributed by atoms with Gasteiger partial charge in [0, 0.05) is 48.4 Å². The van der Waals surface area contributed by atoms with Gasteiger partial charge in [0.2, 0.25) is 0 Å². The molecule has 368 valence electrons. The Morgan fingerprint density at radius 1 is 0.969 bits per heavy atom. The Morgan fingerprint density at radius 3 is 2.12 bits per heavy atom. The van der Waals surface area contributed by atoms with Crippen LogP contribution >= 0.6 is 10.7 Å². The summed E-state index contributed by atoms with van der Waals surface area (Å²) in [5.74, 6) is -3.45. The molecule has 1 aromatic rings. The van der Waals surface area contributed by atoms with E-state index in [9.17, 15) is 43.5 Å². The highest BCUT2D eigenvalue weighted by Crippen LogP contribution is 2.40. The molecule has 3 fully saturated rings. The van der Waals surface area contributed by atoms with Crippen molar-refractivity contribution in [1.29, 1.82) is 0 Å². The van der Waals surface area contributed by atoms with E-state index in [0.29, 0.717) is 6.42 Å². The van der Waals surface area contributed by atoms with Crippen molar-refractivity contribution in [2.24, 2.45) is 17.8 Å². The van der Waals surface area contributed by atoms with Gasteiger partial charge in [-0.1, -0.05) is 20.8 Å². The molecule has 0 aromatic heterocycles. The van der Waals surface area contributed by atoms with E-state index < -0.39 is 117 Å². The van der Waals surface area contributed by atoms with E-state index in [-0.39, 0.29) is 48.5 Å². The van der Waals surface area contributed by atoms with E-state index >= 15 is 0 Å². The second kappa shape index (κ2) is 21.4. The third-order valence-electron chi connectivity index (χ3n) is 13.6. The molecular formula is C44H74ClN3O15S. The Kier molecular flexibility index (Phi) is 18.2. The molecule has 0 unspecified atom stereocenters. The first-order valence-electron chi connectivity index (χ1n) is 22.1.